The normalized spacial score (nSPS) is 15.8. The third-order valence-electron chi connectivity index (χ3n) is 6.32. The topological polar surface area (TPSA) is 146 Å². The molecule has 4 aromatic rings. The van der Waals surface area contributed by atoms with E-state index in [2.05, 4.69) is 20.0 Å². The Bertz CT molecular complexity index is 1520. The minimum atomic E-state index is -1.38. The van der Waals surface area contributed by atoms with Crippen molar-refractivity contribution in [3.05, 3.63) is 46.1 Å². The Balaban J connectivity index is 1.69. The van der Waals surface area contributed by atoms with Crippen molar-refractivity contribution in [3.8, 4) is 17.6 Å². The second-order valence-corrected chi connectivity index (χ2v) is 9.23. The van der Waals surface area contributed by atoms with Crippen molar-refractivity contribution in [2.24, 2.45) is 0 Å². The minimum absolute atomic E-state index is 0.0280. The fourth-order valence-corrected chi connectivity index (χ4v) is 4.42. The first-order valence-corrected chi connectivity index (χ1v) is 11.3. The first-order chi connectivity index (χ1) is 16.7. The summed E-state index contributed by atoms with van der Waals surface area (Å²) in [4.78, 5) is 24.4. The van der Waals surface area contributed by atoms with Crippen LogP contribution in [0, 0.1) is 17.1 Å². The minimum Gasteiger partial charge on any atom is -0.393 e. The zero-order valence-corrected chi connectivity index (χ0v) is 19.3. The van der Waals surface area contributed by atoms with Crippen LogP contribution in [-0.4, -0.2) is 64.9 Å². The van der Waals surface area contributed by atoms with Crippen molar-refractivity contribution in [3.63, 3.8) is 0 Å². The van der Waals surface area contributed by atoms with E-state index in [4.69, 9.17) is 4.52 Å². The summed E-state index contributed by atoms with van der Waals surface area (Å²) in [7, 11) is 0. The molecule has 1 aliphatic heterocycles. The van der Waals surface area contributed by atoms with Gasteiger partial charge in [0.15, 0.2) is 0 Å². The molecular formula is C23H24FN7O4. The quantitative estimate of drug-likeness (QED) is 0.432. The van der Waals surface area contributed by atoms with E-state index in [9.17, 15) is 24.7 Å². The van der Waals surface area contributed by atoms with Crippen LogP contribution in [0.15, 0.2) is 27.8 Å². The molecule has 3 aromatic heterocycles. The van der Waals surface area contributed by atoms with Crippen LogP contribution in [0.1, 0.15) is 38.1 Å². The second kappa shape index (κ2) is 8.53. The largest absolute Gasteiger partial charge is 0.393 e. The average molecular weight is 481 g/mol. The molecule has 5 rings (SSSR count). The number of fused-ring (bicyclic) bond motifs is 3. The van der Waals surface area contributed by atoms with Gasteiger partial charge in [0.05, 0.1) is 17.1 Å². The van der Waals surface area contributed by atoms with Crippen LogP contribution in [0.2, 0.25) is 0 Å². The molecule has 0 saturated carbocycles. The Morgan fingerprint density at radius 1 is 1.26 bits per heavy atom. The zero-order chi connectivity index (χ0) is 24.9. The fourth-order valence-electron chi connectivity index (χ4n) is 4.42. The summed E-state index contributed by atoms with van der Waals surface area (Å²) in [5.41, 5.74) is -1.20. The van der Waals surface area contributed by atoms with Crippen LogP contribution in [0.25, 0.3) is 28.1 Å². The van der Waals surface area contributed by atoms with Gasteiger partial charge in [0.1, 0.15) is 40.6 Å². The number of aliphatic hydroxyl groups excluding tert-OH is 1. The lowest BCUT2D eigenvalue weighted by atomic mass is 10.1. The van der Waals surface area contributed by atoms with Gasteiger partial charge in [0.2, 0.25) is 5.82 Å². The van der Waals surface area contributed by atoms with E-state index in [-0.39, 0.29) is 46.7 Å². The maximum atomic E-state index is 14.6. The van der Waals surface area contributed by atoms with Gasteiger partial charge in [-0.15, -0.1) is 0 Å². The Morgan fingerprint density at radius 3 is 2.66 bits per heavy atom. The van der Waals surface area contributed by atoms with Crippen LogP contribution >= 0.6 is 0 Å². The van der Waals surface area contributed by atoms with E-state index in [1.54, 1.807) is 0 Å². The van der Waals surface area contributed by atoms with Crippen molar-refractivity contribution in [1.82, 2.24) is 29.0 Å². The fraction of sp³-hybridized carbons (Fsp3) is 0.435. The smallest absolute Gasteiger partial charge is 0.277 e. The van der Waals surface area contributed by atoms with E-state index in [0.717, 1.165) is 0 Å². The average Bonchev–Trinajstić information content (AvgIpc) is 3.48. The maximum absolute atomic E-state index is 14.6. The summed E-state index contributed by atoms with van der Waals surface area (Å²) in [5, 5.41) is 33.5. The number of piperidine rings is 1. The number of halogens is 1. The number of nitriles is 1. The Hall–Kier alpha value is -3.66. The molecule has 0 unspecified atom stereocenters. The van der Waals surface area contributed by atoms with Crippen molar-refractivity contribution < 1.29 is 19.1 Å². The molecular weight excluding hydrogens is 457 g/mol. The van der Waals surface area contributed by atoms with E-state index in [1.165, 1.54) is 41.3 Å². The van der Waals surface area contributed by atoms with E-state index >= 15 is 0 Å². The summed E-state index contributed by atoms with van der Waals surface area (Å²) in [5.74, 6) is -0.724. The molecule has 1 aromatic carbocycles. The highest BCUT2D eigenvalue weighted by atomic mass is 19.1. The van der Waals surface area contributed by atoms with Crippen molar-refractivity contribution in [2.75, 3.05) is 19.6 Å². The van der Waals surface area contributed by atoms with Crippen molar-refractivity contribution in [2.45, 2.75) is 44.9 Å². The highest BCUT2D eigenvalue weighted by Gasteiger charge is 2.28. The molecule has 35 heavy (non-hydrogen) atoms. The number of nitrogens with zero attached hydrogens (tertiary/aromatic N) is 7. The van der Waals surface area contributed by atoms with Crippen molar-refractivity contribution in [1.29, 1.82) is 5.26 Å². The highest BCUT2D eigenvalue weighted by molar-refractivity contribution is 5.87. The van der Waals surface area contributed by atoms with Crippen LogP contribution in [-0.2, 0) is 12.1 Å². The molecule has 1 saturated heterocycles. The number of hydrogen-bond donors (Lipinski definition) is 2. The standard InChI is InChI=1S/C23H24FN7O4/c1-23(2,34)22-27-20(28-35-22)17-19-21(33)30(10-9-29-7-5-13(32)6-8-29)18-14(11-25)15(24)3-4-16(18)31(19)12-26-17/h3-4,12-13,32,34H,5-10H2,1-2H3. The predicted octanol–water partition coefficient (Wildman–Crippen LogP) is 1.39. The molecule has 0 bridgehead atoms. The number of aromatic nitrogens is 5. The van der Waals surface area contributed by atoms with Crippen LogP contribution < -0.4 is 5.56 Å². The molecule has 12 heteroatoms. The lowest BCUT2D eigenvalue weighted by molar-refractivity contribution is 0.0420. The van der Waals surface area contributed by atoms with Gasteiger partial charge >= 0.3 is 0 Å². The van der Waals surface area contributed by atoms with Gasteiger partial charge in [-0.25, -0.2) is 9.37 Å². The van der Waals surface area contributed by atoms with Crippen LogP contribution in [0.4, 0.5) is 4.39 Å². The van der Waals surface area contributed by atoms with Gasteiger partial charge in [-0.2, -0.15) is 10.2 Å². The van der Waals surface area contributed by atoms with Gasteiger partial charge in [-0.1, -0.05) is 5.16 Å². The Morgan fingerprint density at radius 2 is 2.00 bits per heavy atom. The SMILES string of the molecule is CC(C)(O)c1nc(-c2ncn3c2c(=O)n(CCN2CCC(O)CC2)c2c(C#N)c(F)ccc23)no1. The number of likely N-dealkylation sites (tertiary alicyclic amines) is 1. The van der Waals surface area contributed by atoms with E-state index in [1.807, 2.05) is 6.07 Å². The van der Waals surface area contributed by atoms with Crippen molar-refractivity contribution >= 4 is 16.6 Å². The molecule has 0 atom stereocenters. The summed E-state index contributed by atoms with van der Waals surface area (Å²) in [6.07, 6.45) is 2.34. The molecule has 1 aliphatic rings. The first kappa shape index (κ1) is 23.1. The van der Waals surface area contributed by atoms with Gasteiger partial charge in [-0.3, -0.25) is 9.20 Å². The predicted molar refractivity (Wildman–Crippen MR) is 122 cm³/mol. The molecule has 0 aliphatic carbocycles. The maximum Gasteiger partial charge on any atom is 0.277 e. The Labute approximate surface area is 198 Å². The summed E-state index contributed by atoms with van der Waals surface area (Å²) >= 11 is 0. The molecule has 11 nitrogen and oxygen atoms in total. The molecule has 4 heterocycles. The number of imidazole rings is 1. The molecule has 0 spiro atoms. The summed E-state index contributed by atoms with van der Waals surface area (Å²) in [6, 6.07) is 4.57. The Kier molecular flexibility index (Phi) is 5.63. The summed E-state index contributed by atoms with van der Waals surface area (Å²) < 4.78 is 22.6. The highest BCUT2D eigenvalue weighted by Crippen LogP contribution is 2.27. The summed E-state index contributed by atoms with van der Waals surface area (Å²) in [6.45, 7) is 5.02. The number of benzene rings is 1. The van der Waals surface area contributed by atoms with Crippen LogP contribution in [0.5, 0.6) is 0 Å². The van der Waals surface area contributed by atoms with Gasteiger partial charge < -0.3 is 24.2 Å². The zero-order valence-electron chi connectivity index (χ0n) is 19.3. The number of hydrogen-bond acceptors (Lipinski definition) is 9. The third kappa shape index (κ3) is 3.97. The van der Waals surface area contributed by atoms with Crippen LogP contribution in [0.3, 0.4) is 0 Å². The molecule has 1 fully saturated rings. The van der Waals surface area contributed by atoms with Gasteiger partial charge in [-0.05, 0) is 38.8 Å². The molecule has 0 radical (unpaired) electrons. The number of aliphatic hydroxyl groups is 2. The van der Waals surface area contributed by atoms with Gasteiger partial charge in [0, 0.05) is 26.2 Å². The molecule has 182 valence electrons. The lowest BCUT2D eigenvalue weighted by Crippen LogP contribution is -2.39. The lowest BCUT2D eigenvalue weighted by Gasteiger charge is -2.29. The van der Waals surface area contributed by atoms with E-state index < -0.39 is 17.0 Å². The van der Waals surface area contributed by atoms with E-state index in [0.29, 0.717) is 38.0 Å². The first-order valence-electron chi connectivity index (χ1n) is 11.3. The third-order valence-corrected chi connectivity index (χ3v) is 6.32. The van der Waals surface area contributed by atoms with Gasteiger partial charge in [0.25, 0.3) is 11.4 Å². The monoisotopic (exact) mass is 481 g/mol. The molecule has 2 N–H and O–H groups in total. The second-order valence-electron chi connectivity index (χ2n) is 9.23. The number of rotatable bonds is 5. The molecule has 0 amide bonds.